The monoisotopic (exact) mass is 335 g/mol. The van der Waals surface area contributed by atoms with Crippen LogP contribution in [0.1, 0.15) is 33.1 Å². The fourth-order valence-corrected chi connectivity index (χ4v) is 1.73. The summed E-state index contributed by atoms with van der Waals surface area (Å²) in [5.41, 5.74) is 5.93. The second kappa shape index (κ2) is 7.77. The van der Waals surface area contributed by atoms with E-state index in [4.69, 9.17) is 12.2 Å². The van der Waals surface area contributed by atoms with Crippen LogP contribution in [0.2, 0.25) is 0 Å². The van der Waals surface area contributed by atoms with Crippen LogP contribution >= 0.6 is 24.0 Å². The lowest BCUT2D eigenvalue weighted by molar-refractivity contribution is 0.277. The summed E-state index contributed by atoms with van der Waals surface area (Å²) in [5, 5.41) is 0. The Morgan fingerprint density at radius 3 is 2.56 bits per heavy atom. The molecule has 1 fully saturated rings. The number of hydrogen-bond donors (Lipinski definition) is 1. The van der Waals surface area contributed by atoms with Gasteiger partial charge in [0.25, 0.3) is 0 Å². The molecule has 92 valence electrons. The number of halogens is 1. The first-order valence-electron chi connectivity index (χ1n) is 5.71. The molecule has 1 heterocycles. The van der Waals surface area contributed by atoms with Gasteiger partial charge in [0.1, 0.15) is 6.04 Å². The lowest BCUT2D eigenvalue weighted by atomic mass is 10.00. The van der Waals surface area contributed by atoms with Gasteiger partial charge in [0.05, 0.1) is 0 Å². The number of guanidine groups is 1. The Morgan fingerprint density at radius 1 is 1.56 bits per heavy atom. The Kier molecular flexibility index (Phi) is 7.56. The number of nitrogens with zero attached hydrogens (tertiary/aromatic N) is 2. The zero-order valence-corrected chi connectivity index (χ0v) is 12.5. The SMILES string of the molecule is C#CC(CC)N=C(N)N1CCC(C)CC1.I. The van der Waals surface area contributed by atoms with Gasteiger partial charge in [-0.15, -0.1) is 30.4 Å². The van der Waals surface area contributed by atoms with Crippen molar-refractivity contribution in [1.29, 1.82) is 0 Å². The maximum absolute atomic E-state index is 5.93. The summed E-state index contributed by atoms with van der Waals surface area (Å²) in [5.74, 6) is 4.06. The third-order valence-electron chi connectivity index (χ3n) is 2.97. The molecule has 1 aliphatic rings. The Labute approximate surface area is 116 Å². The van der Waals surface area contributed by atoms with E-state index >= 15 is 0 Å². The molecule has 0 aliphatic carbocycles. The van der Waals surface area contributed by atoms with Crippen LogP contribution in [0.4, 0.5) is 0 Å². The van der Waals surface area contributed by atoms with Crippen LogP contribution in [0.3, 0.4) is 0 Å². The van der Waals surface area contributed by atoms with Gasteiger partial charge in [0, 0.05) is 13.1 Å². The van der Waals surface area contributed by atoms with Crippen molar-refractivity contribution in [3.63, 3.8) is 0 Å². The van der Waals surface area contributed by atoms with Crippen LogP contribution < -0.4 is 5.73 Å². The fraction of sp³-hybridized carbons (Fsp3) is 0.750. The maximum atomic E-state index is 5.93. The highest BCUT2D eigenvalue weighted by Crippen LogP contribution is 2.15. The maximum Gasteiger partial charge on any atom is 0.192 e. The number of likely N-dealkylation sites (tertiary alicyclic amines) is 1. The molecule has 16 heavy (non-hydrogen) atoms. The average Bonchev–Trinajstić information content (AvgIpc) is 2.26. The van der Waals surface area contributed by atoms with Gasteiger partial charge in [-0.3, -0.25) is 0 Å². The highest BCUT2D eigenvalue weighted by atomic mass is 127. The smallest absolute Gasteiger partial charge is 0.192 e. The van der Waals surface area contributed by atoms with Gasteiger partial charge < -0.3 is 10.6 Å². The summed E-state index contributed by atoms with van der Waals surface area (Å²) < 4.78 is 0. The minimum Gasteiger partial charge on any atom is -0.370 e. The van der Waals surface area contributed by atoms with Crippen molar-refractivity contribution in [3.05, 3.63) is 0 Å². The van der Waals surface area contributed by atoms with E-state index in [0.717, 1.165) is 25.4 Å². The number of rotatable bonds is 2. The summed E-state index contributed by atoms with van der Waals surface area (Å²) in [6, 6.07) is -0.0654. The number of hydrogen-bond acceptors (Lipinski definition) is 1. The molecule has 0 spiro atoms. The number of nitrogens with two attached hydrogens (primary N) is 1. The molecular formula is C12H22IN3. The first kappa shape index (κ1) is 15.6. The van der Waals surface area contributed by atoms with Crippen LogP contribution in [-0.4, -0.2) is 30.0 Å². The van der Waals surface area contributed by atoms with Crippen molar-refractivity contribution in [3.8, 4) is 12.3 Å². The van der Waals surface area contributed by atoms with Crippen molar-refractivity contribution in [2.45, 2.75) is 39.2 Å². The highest BCUT2D eigenvalue weighted by molar-refractivity contribution is 14.0. The number of terminal acetylenes is 1. The molecule has 0 aromatic carbocycles. The minimum atomic E-state index is -0.0654. The van der Waals surface area contributed by atoms with Gasteiger partial charge in [-0.25, -0.2) is 4.99 Å². The molecule has 2 N–H and O–H groups in total. The quantitative estimate of drug-likeness (QED) is 0.363. The van der Waals surface area contributed by atoms with Crippen molar-refractivity contribution in [2.24, 2.45) is 16.6 Å². The predicted octanol–water partition coefficient (Wildman–Crippen LogP) is 2.06. The summed E-state index contributed by atoms with van der Waals surface area (Å²) in [7, 11) is 0. The van der Waals surface area contributed by atoms with Crippen LogP contribution in [0.5, 0.6) is 0 Å². The van der Waals surface area contributed by atoms with E-state index in [-0.39, 0.29) is 30.0 Å². The Balaban J connectivity index is 0.00000225. The van der Waals surface area contributed by atoms with E-state index in [9.17, 15) is 0 Å². The molecule has 0 aromatic heterocycles. The van der Waals surface area contributed by atoms with Gasteiger partial charge in [-0.2, -0.15) is 0 Å². The van der Waals surface area contributed by atoms with Crippen LogP contribution in [0.25, 0.3) is 0 Å². The Morgan fingerprint density at radius 2 is 2.12 bits per heavy atom. The predicted molar refractivity (Wildman–Crippen MR) is 79.9 cm³/mol. The molecule has 3 nitrogen and oxygen atoms in total. The summed E-state index contributed by atoms with van der Waals surface area (Å²) >= 11 is 0. The molecule has 4 heteroatoms. The van der Waals surface area contributed by atoms with Gasteiger partial charge in [-0.1, -0.05) is 19.8 Å². The molecule has 1 atom stereocenters. The van der Waals surface area contributed by atoms with Crippen molar-refractivity contribution in [2.75, 3.05) is 13.1 Å². The van der Waals surface area contributed by atoms with E-state index in [2.05, 4.69) is 22.7 Å². The summed E-state index contributed by atoms with van der Waals surface area (Å²) in [6.07, 6.45) is 8.60. The topological polar surface area (TPSA) is 41.6 Å². The highest BCUT2D eigenvalue weighted by Gasteiger charge is 2.17. The van der Waals surface area contributed by atoms with E-state index in [1.54, 1.807) is 0 Å². The molecule has 0 radical (unpaired) electrons. The normalized spacial score (nSPS) is 19.8. The standard InChI is InChI=1S/C12H21N3.HI/c1-4-11(5-2)14-12(13)15-8-6-10(3)7-9-15;/h1,10-11H,5-9H2,2-3H3,(H2,13,14);1H. The van der Waals surface area contributed by atoms with Crippen molar-refractivity contribution >= 4 is 29.9 Å². The van der Waals surface area contributed by atoms with E-state index < -0.39 is 0 Å². The second-order valence-electron chi connectivity index (χ2n) is 4.25. The first-order valence-corrected chi connectivity index (χ1v) is 5.71. The lowest BCUT2D eigenvalue weighted by Crippen LogP contribution is -2.43. The van der Waals surface area contributed by atoms with Crippen LogP contribution in [0, 0.1) is 18.3 Å². The van der Waals surface area contributed by atoms with Crippen LogP contribution in [0.15, 0.2) is 4.99 Å². The van der Waals surface area contributed by atoms with E-state index in [1.807, 2.05) is 6.92 Å². The lowest BCUT2D eigenvalue weighted by Gasteiger charge is -2.31. The minimum absolute atomic E-state index is 0. The molecule has 0 amide bonds. The summed E-state index contributed by atoms with van der Waals surface area (Å²) in [4.78, 5) is 6.49. The first-order chi connectivity index (χ1) is 7.17. The molecule has 1 unspecified atom stereocenters. The van der Waals surface area contributed by atoms with Crippen molar-refractivity contribution in [1.82, 2.24) is 4.90 Å². The Hall–Kier alpha value is -0.440. The van der Waals surface area contributed by atoms with Gasteiger partial charge in [0.2, 0.25) is 0 Å². The van der Waals surface area contributed by atoms with Gasteiger partial charge >= 0.3 is 0 Å². The molecule has 1 saturated heterocycles. The third kappa shape index (κ3) is 4.60. The molecule has 1 aliphatic heterocycles. The molecule has 0 bridgehead atoms. The zero-order chi connectivity index (χ0) is 11.3. The molecule has 0 saturated carbocycles. The molecule has 0 aromatic rings. The van der Waals surface area contributed by atoms with Crippen LogP contribution in [-0.2, 0) is 0 Å². The average molecular weight is 335 g/mol. The second-order valence-corrected chi connectivity index (χ2v) is 4.25. The molecule has 1 rings (SSSR count). The third-order valence-corrected chi connectivity index (χ3v) is 2.97. The number of piperidine rings is 1. The van der Waals surface area contributed by atoms with Gasteiger partial charge in [-0.05, 0) is 25.2 Å². The summed E-state index contributed by atoms with van der Waals surface area (Å²) in [6.45, 7) is 6.33. The van der Waals surface area contributed by atoms with E-state index in [1.165, 1.54) is 12.8 Å². The van der Waals surface area contributed by atoms with Gasteiger partial charge in [0.15, 0.2) is 5.96 Å². The Bertz CT molecular complexity index is 262. The van der Waals surface area contributed by atoms with E-state index in [0.29, 0.717) is 5.96 Å². The molecular weight excluding hydrogens is 313 g/mol. The zero-order valence-electron chi connectivity index (χ0n) is 10.1. The fourth-order valence-electron chi connectivity index (χ4n) is 1.73. The largest absolute Gasteiger partial charge is 0.370 e. The number of aliphatic imine (C=N–C) groups is 1. The van der Waals surface area contributed by atoms with Crippen molar-refractivity contribution < 1.29 is 0 Å².